The van der Waals surface area contributed by atoms with E-state index < -0.39 is 0 Å². The van der Waals surface area contributed by atoms with Crippen molar-refractivity contribution >= 4 is 23.2 Å². The highest BCUT2D eigenvalue weighted by Crippen LogP contribution is 2.27. The maximum atomic E-state index is 9.95. The Kier molecular flexibility index (Phi) is 5.16. The summed E-state index contributed by atoms with van der Waals surface area (Å²) in [4.78, 5) is 0. The summed E-state index contributed by atoms with van der Waals surface area (Å²) < 4.78 is 5.61. The average molecular weight is 311 g/mol. The Morgan fingerprint density at radius 3 is 2.45 bits per heavy atom. The van der Waals surface area contributed by atoms with Crippen LogP contribution in [0.15, 0.2) is 36.4 Å². The van der Waals surface area contributed by atoms with Gasteiger partial charge in [-0.2, -0.15) is 0 Å². The van der Waals surface area contributed by atoms with Gasteiger partial charge in [0.25, 0.3) is 0 Å². The zero-order chi connectivity index (χ0) is 14.5. The number of ether oxygens (including phenoxy) is 1. The lowest BCUT2D eigenvalue weighted by atomic mass is 10.1. The molecule has 0 saturated carbocycles. The molecule has 0 spiro atoms. The van der Waals surface area contributed by atoms with E-state index in [4.69, 9.17) is 27.9 Å². The van der Waals surface area contributed by atoms with Crippen molar-refractivity contribution in [3.63, 3.8) is 0 Å². The van der Waals surface area contributed by atoms with E-state index in [1.54, 1.807) is 24.3 Å². The van der Waals surface area contributed by atoms with E-state index in [0.29, 0.717) is 22.4 Å². The predicted octanol–water partition coefficient (Wildman–Crippen LogP) is 5.02. The maximum Gasteiger partial charge on any atom is 0.121 e. The Hall–Kier alpha value is -1.38. The van der Waals surface area contributed by atoms with Crippen molar-refractivity contribution in [1.29, 1.82) is 0 Å². The number of phenolic OH excluding ortho intramolecular Hbond substituents is 1. The molecule has 2 nitrogen and oxygen atoms in total. The molecule has 2 rings (SSSR count). The molecule has 0 unspecified atom stereocenters. The van der Waals surface area contributed by atoms with Crippen molar-refractivity contribution < 1.29 is 9.84 Å². The minimum absolute atomic E-state index is 0.320. The normalized spacial score (nSPS) is 10.6. The first-order chi connectivity index (χ1) is 9.56. The Morgan fingerprint density at radius 2 is 1.75 bits per heavy atom. The highest BCUT2D eigenvalue weighted by molar-refractivity contribution is 6.31. The number of benzene rings is 2. The van der Waals surface area contributed by atoms with Gasteiger partial charge in [-0.25, -0.2) is 0 Å². The second kappa shape index (κ2) is 6.87. The molecule has 0 radical (unpaired) electrons. The molecule has 0 atom stereocenters. The van der Waals surface area contributed by atoms with Gasteiger partial charge in [0, 0.05) is 10.0 Å². The third-order valence-electron chi connectivity index (χ3n) is 3.02. The van der Waals surface area contributed by atoms with Crippen molar-refractivity contribution in [2.45, 2.75) is 19.8 Å². The molecule has 4 heteroatoms. The zero-order valence-electron chi connectivity index (χ0n) is 11.2. The van der Waals surface area contributed by atoms with Gasteiger partial charge in [0.15, 0.2) is 0 Å². The van der Waals surface area contributed by atoms with Crippen molar-refractivity contribution in [3.8, 4) is 11.5 Å². The molecule has 106 valence electrons. The molecule has 0 aliphatic heterocycles. The molecule has 20 heavy (non-hydrogen) atoms. The van der Waals surface area contributed by atoms with Crippen molar-refractivity contribution in [2.75, 3.05) is 6.61 Å². The molecule has 0 bridgehead atoms. The SMILES string of the molecule is Cc1cc(Cl)cc(CCCOc2ccc(Cl)cc2)c1O. The Bertz CT molecular complexity index is 580. The average Bonchev–Trinajstić information content (AvgIpc) is 2.42. The number of phenols is 1. The predicted molar refractivity (Wildman–Crippen MR) is 83.1 cm³/mol. The van der Waals surface area contributed by atoms with Gasteiger partial charge in [-0.3, -0.25) is 0 Å². The number of aryl methyl sites for hydroxylation is 2. The van der Waals surface area contributed by atoms with E-state index in [1.165, 1.54) is 0 Å². The molecule has 0 amide bonds. The monoisotopic (exact) mass is 310 g/mol. The van der Waals surface area contributed by atoms with Gasteiger partial charge in [0.05, 0.1) is 6.61 Å². The van der Waals surface area contributed by atoms with Crippen LogP contribution in [0.1, 0.15) is 17.5 Å². The molecule has 0 aliphatic rings. The van der Waals surface area contributed by atoms with Crippen LogP contribution in [0.5, 0.6) is 11.5 Å². The third kappa shape index (κ3) is 4.06. The standard InChI is InChI=1S/C16H16Cl2O2/c1-11-9-14(18)10-12(16(11)19)3-2-8-20-15-6-4-13(17)5-7-15/h4-7,9-10,19H,2-3,8H2,1H3. The van der Waals surface area contributed by atoms with Gasteiger partial charge < -0.3 is 9.84 Å². The molecule has 1 N–H and O–H groups in total. The summed E-state index contributed by atoms with van der Waals surface area (Å²) in [6.45, 7) is 2.42. The number of hydrogen-bond acceptors (Lipinski definition) is 2. The first kappa shape index (κ1) is 15.0. The maximum absolute atomic E-state index is 9.95. The number of hydrogen-bond donors (Lipinski definition) is 1. The van der Waals surface area contributed by atoms with E-state index in [2.05, 4.69) is 0 Å². The van der Waals surface area contributed by atoms with Gasteiger partial charge in [-0.05, 0) is 67.3 Å². The van der Waals surface area contributed by atoms with Crippen LogP contribution >= 0.6 is 23.2 Å². The third-order valence-corrected chi connectivity index (χ3v) is 3.49. The zero-order valence-corrected chi connectivity index (χ0v) is 12.7. The van der Waals surface area contributed by atoms with Gasteiger partial charge in [-0.1, -0.05) is 23.2 Å². The van der Waals surface area contributed by atoms with Crippen LogP contribution in [0.4, 0.5) is 0 Å². The molecule has 0 fully saturated rings. The van der Waals surface area contributed by atoms with E-state index >= 15 is 0 Å². The van der Waals surface area contributed by atoms with Crippen molar-refractivity contribution in [1.82, 2.24) is 0 Å². The van der Waals surface area contributed by atoms with Crippen LogP contribution < -0.4 is 4.74 Å². The lowest BCUT2D eigenvalue weighted by Crippen LogP contribution is -2.00. The highest BCUT2D eigenvalue weighted by Gasteiger charge is 2.06. The molecule has 0 aliphatic carbocycles. The Balaban J connectivity index is 1.86. The molecular formula is C16H16Cl2O2. The first-order valence-electron chi connectivity index (χ1n) is 6.42. The van der Waals surface area contributed by atoms with E-state index in [0.717, 1.165) is 29.7 Å². The second-order valence-electron chi connectivity index (χ2n) is 4.64. The van der Waals surface area contributed by atoms with Gasteiger partial charge in [0.1, 0.15) is 11.5 Å². The van der Waals surface area contributed by atoms with Crippen LogP contribution in [0.2, 0.25) is 10.0 Å². The molecular weight excluding hydrogens is 295 g/mol. The molecule has 0 heterocycles. The van der Waals surface area contributed by atoms with Crippen molar-refractivity contribution in [2.24, 2.45) is 0 Å². The fraction of sp³-hybridized carbons (Fsp3) is 0.250. The van der Waals surface area contributed by atoms with Gasteiger partial charge >= 0.3 is 0 Å². The van der Waals surface area contributed by atoms with E-state index in [9.17, 15) is 5.11 Å². The summed E-state index contributed by atoms with van der Waals surface area (Å²) in [5.74, 6) is 1.11. The summed E-state index contributed by atoms with van der Waals surface area (Å²) in [6, 6.07) is 10.8. The van der Waals surface area contributed by atoms with E-state index in [1.807, 2.05) is 19.1 Å². The van der Waals surface area contributed by atoms with E-state index in [-0.39, 0.29) is 0 Å². The van der Waals surface area contributed by atoms with Crippen LogP contribution in [0.3, 0.4) is 0 Å². The number of aromatic hydroxyl groups is 1. The largest absolute Gasteiger partial charge is 0.507 e. The summed E-state index contributed by atoms with van der Waals surface area (Å²) in [6.07, 6.45) is 1.52. The summed E-state index contributed by atoms with van der Waals surface area (Å²) >= 11 is 11.8. The summed E-state index contributed by atoms with van der Waals surface area (Å²) in [7, 11) is 0. The summed E-state index contributed by atoms with van der Waals surface area (Å²) in [5, 5.41) is 11.3. The smallest absolute Gasteiger partial charge is 0.121 e. The first-order valence-corrected chi connectivity index (χ1v) is 7.18. The highest BCUT2D eigenvalue weighted by atomic mass is 35.5. The molecule has 2 aromatic rings. The van der Waals surface area contributed by atoms with Crippen LogP contribution in [-0.4, -0.2) is 11.7 Å². The van der Waals surface area contributed by atoms with Gasteiger partial charge in [0.2, 0.25) is 0 Å². The fourth-order valence-electron chi connectivity index (χ4n) is 1.98. The summed E-state index contributed by atoms with van der Waals surface area (Å²) in [5.41, 5.74) is 1.65. The lowest BCUT2D eigenvalue weighted by Gasteiger charge is -2.09. The van der Waals surface area contributed by atoms with Crippen LogP contribution in [-0.2, 0) is 6.42 Å². The minimum Gasteiger partial charge on any atom is -0.507 e. The van der Waals surface area contributed by atoms with Gasteiger partial charge in [-0.15, -0.1) is 0 Å². The minimum atomic E-state index is 0.320. The quantitative estimate of drug-likeness (QED) is 0.786. The Labute approximate surface area is 128 Å². The Morgan fingerprint density at radius 1 is 1.05 bits per heavy atom. The van der Waals surface area contributed by atoms with Crippen molar-refractivity contribution in [3.05, 3.63) is 57.6 Å². The number of halogens is 2. The molecule has 0 saturated heterocycles. The lowest BCUT2D eigenvalue weighted by molar-refractivity contribution is 0.310. The number of rotatable bonds is 5. The van der Waals surface area contributed by atoms with Crippen LogP contribution in [0, 0.1) is 6.92 Å². The molecule has 0 aromatic heterocycles. The molecule has 2 aromatic carbocycles. The fourth-order valence-corrected chi connectivity index (χ4v) is 2.40. The topological polar surface area (TPSA) is 29.5 Å². The second-order valence-corrected chi connectivity index (χ2v) is 5.51. The van der Waals surface area contributed by atoms with Crippen LogP contribution in [0.25, 0.3) is 0 Å².